The van der Waals surface area contributed by atoms with Gasteiger partial charge in [0.15, 0.2) is 5.96 Å². The Morgan fingerprint density at radius 2 is 1.96 bits per heavy atom. The van der Waals surface area contributed by atoms with Crippen molar-refractivity contribution in [2.75, 3.05) is 53.5 Å². The van der Waals surface area contributed by atoms with Crippen molar-refractivity contribution in [3.05, 3.63) is 0 Å². The number of likely N-dealkylation sites (tertiary alicyclic amines) is 1. The van der Waals surface area contributed by atoms with Gasteiger partial charge in [-0.3, -0.25) is 4.79 Å². The number of piperidine rings is 1. The number of guanidine groups is 1. The summed E-state index contributed by atoms with van der Waals surface area (Å²) in [5.74, 6) is 1.44. The average Bonchev–Trinajstić information content (AvgIpc) is 2.68. The van der Waals surface area contributed by atoms with Gasteiger partial charge >= 0.3 is 0 Å². The Bertz CT molecular complexity index is 497. The van der Waals surface area contributed by atoms with Crippen LogP contribution in [-0.2, 0) is 14.3 Å². The van der Waals surface area contributed by atoms with Gasteiger partial charge in [-0.25, -0.2) is 4.99 Å². The van der Waals surface area contributed by atoms with Crippen LogP contribution in [0.5, 0.6) is 0 Å². The lowest BCUT2D eigenvalue weighted by molar-refractivity contribution is -0.127. The highest BCUT2D eigenvalue weighted by atomic mass is 127. The largest absolute Gasteiger partial charge is 0.378 e. The van der Waals surface area contributed by atoms with Crippen molar-refractivity contribution < 1.29 is 14.3 Å². The predicted octanol–water partition coefficient (Wildman–Crippen LogP) is 1.71. The molecule has 0 bridgehead atoms. The standard InChI is InChI=1S/C19H34N4O3.HI/c1-22(2)18(24)13-21-19(20-12-16-7-3-4-10-25-16)23-9-8-17-15(14-23)6-5-11-26-17;/h15-17H,3-14H2,1-2H3,(H,20,21);1H. The normalized spacial score (nSPS) is 28.7. The fourth-order valence-electron chi connectivity index (χ4n) is 4.01. The summed E-state index contributed by atoms with van der Waals surface area (Å²) >= 11 is 0. The number of likely N-dealkylation sites (N-methyl/N-ethyl adjacent to an activating group) is 1. The van der Waals surface area contributed by atoms with Gasteiger partial charge in [0.05, 0.1) is 12.2 Å². The fourth-order valence-corrected chi connectivity index (χ4v) is 4.01. The van der Waals surface area contributed by atoms with Gasteiger partial charge in [0.2, 0.25) is 5.91 Å². The minimum atomic E-state index is 0. The van der Waals surface area contributed by atoms with Crippen molar-refractivity contribution in [2.45, 2.75) is 50.7 Å². The molecule has 7 nitrogen and oxygen atoms in total. The summed E-state index contributed by atoms with van der Waals surface area (Å²) in [5.41, 5.74) is 0. The summed E-state index contributed by atoms with van der Waals surface area (Å²) in [6.07, 6.45) is 7.51. The third-order valence-corrected chi connectivity index (χ3v) is 5.64. The zero-order valence-corrected chi connectivity index (χ0v) is 19.0. The molecule has 3 aliphatic rings. The third kappa shape index (κ3) is 6.74. The van der Waals surface area contributed by atoms with E-state index in [4.69, 9.17) is 9.47 Å². The number of fused-ring (bicyclic) bond motifs is 1. The van der Waals surface area contributed by atoms with E-state index < -0.39 is 0 Å². The molecule has 1 N–H and O–H groups in total. The Morgan fingerprint density at radius 1 is 1.15 bits per heavy atom. The molecule has 3 saturated heterocycles. The van der Waals surface area contributed by atoms with E-state index in [-0.39, 0.29) is 42.5 Å². The van der Waals surface area contributed by atoms with Crippen LogP contribution in [0.1, 0.15) is 38.5 Å². The zero-order valence-electron chi connectivity index (χ0n) is 16.7. The van der Waals surface area contributed by atoms with Gasteiger partial charge in [0.1, 0.15) is 6.54 Å². The van der Waals surface area contributed by atoms with Crippen molar-refractivity contribution in [3.63, 3.8) is 0 Å². The summed E-state index contributed by atoms with van der Waals surface area (Å²) in [6, 6.07) is 0. The summed E-state index contributed by atoms with van der Waals surface area (Å²) in [4.78, 5) is 20.5. The predicted molar refractivity (Wildman–Crippen MR) is 117 cm³/mol. The van der Waals surface area contributed by atoms with E-state index in [1.54, 1.807) is 19.0 Å². The highest BCUT2D eigenvalue weighted by Crippen LogP contribution is 2.28. The average molecular weight is 494 g/mol. The molecule has 3 fully saturated rings. The van der Waals surface area contributed by atoms with Crippen LogP contribution in [0.15, 0.2) is 4.99 Å². The van der Waals surface area contributed by atoms with E-state index in [2.05, 4.69) is 15.2 Å². The second-order valence-electron chi connectivity index (χ2n) is 7.84. The molecule has 1 amide bonds. The summed E-state index contributed by atoms with van der Waals surface area (Å²) < 4.78 is 11.8. The highest BCUT2D eigenvalue weighted by molar-refractivity contribution is 14.0. The number of halogens is 1. The molecule has 8 heteroatoms. The Labute approximate surface area is 180 Å². The van der Waals surface area contributed by atoms with Gasteiger partial charge in [-0.1, -0.05) is 0 Å². The molecule has 0 radical (unpaired) electrons. The zero-order chi connectivity index (χ0) is 18.4. The number of nitrogens with one attached hydrogen (secondary N) is 1. The maximum absolute atomic E-state index is 12.0. The summed E-state index contributed by atoms with van der Waals surface area (Å²) in [6.45, 7) is 4.57. The molecule has 0 aliphatic carbocycles. The van der Waals surface area contributed by atoms with E-state index in [9.17, 15) is 4.79 Å². The molecular weight excluding hydrogens is 459 g/mol. The molecule has 156 valence electrons. The third-order valence-electron chi connectivity index (χ3n) is 5.64. The topological polar surface area (TPSA) is 66.4 Å². The van der Waals surface area contributed by atoms with Gasteiger partial charge < -0.3 is 24.6 Å². The van der Waals surface area contributed by atoms with Crippen LogP contribution in [-0.4, -0.2) is 87.4 Å². The van der Waals surface area contributed by atoms with Gasteiger partial charge in [0.25, 0.3) is 0 Å². The van der Waals surface area contributed by atoms with Crippen LogP contribution < -0.4 is 5.32 Å². The minimum absolute atomic E-state index is 0. The van der Waals surface area contributed by atoms with Crippen molar-refractivity contribution in [3.8, 4) is 0 Å². The van der Waals surface area contributed by atoms with E-state index in [1.165, 1.54) is 12.8 Å². The number of amides is 1. The Hall–Kier alpha value is -0.610. The second kappa shape index (κ2) is 11.4. The Kier molecular flexibility index (Phi) is 9.58. The SMILES string of the molecule is CN(C)C(=O)CN=C(NCC1CCCCO1)N1CCC2OCCCC2C1.I. The molecule has 0 aromatic heterocycles. The van der Waals surface area contributed by atoms with Gasteiger partial charge in [-0.2, -0.15) is 0 Å². The monoisotopic (exact) mass is 494 g/mol. The molecule has 3 heterocycles. The van der Waals surface area contributed by atoms with Gasteiger partial charge in [-0.05, 0) is 38.5 Å². The molecule has 3 rings (SSSR count). The van der Waals surface area contributed by atoms with Crippen LogP contribution in [0, 0.1) is 5.92 Å². The number of ether oxygens (including phenoxy) is 2. The first-order valence-electron chi connectivity index (χ1n) is 10.1. The molecule has 0 aromatic rings. The first-order valence-corrected chi connectivity index (χ1v) is 10.1. The first-order chi connectivity index (χ1) is 12.6. The number of aliphatic imine (C=N–C) groups is 1. The molecular formula is C19H35IN4O3. The molecule has 0 aromatic carbocycles. The maximum atomic E-state index is 12.0. The Balaban J connectivity index is 0.00000261. The van der Waals surface area contributed by atoms with Crippen molar-refractivity contribution in [1.82, 2.24) is 15.1 Å². The quantitative estimate of drug-likeness (QED) is 0.366. The van der Waals surface area contributed by atoms with Crippen LogP contribution in [0.2, 0.25) is 0 Å². The number of nitrogens with zero attached hydrogens (tertiary/aromatic N) is 3. The van der Waals surface area contributed by atoms with Crippen LogP contribution >= 0.6 is 24.0 Å². The van der Waals surface area contributed by atoms with Crippen molar-refractivity contribution in [1.29, 1.82) is 0 Å². The van der Waals surface area contributed by atoms with Crippen LogP contribution in [0.25, 0.3) is 0 Å². The van der Waals surface area contributed by atoms with Gasteiger partial charge in [0, 0.05) is 52.9 Å². The number of rotatable bonds is 4. The fraction of sp³-hybridized carbons (Fsp3) is 0.895. The molecule has 27 heavy (non-hydrogen) atoms. The van der Waals surface area contributed by atoms with Crippen molar-refractivity contribution >= 4 is 35.8 Å². The summed E-state index contributed by atoms with van der Waals surface area (Å²) in [7, 11) is 3.54. The minimum Gasteiger partial charge on any atom is -0.378 e. The van der Waals surface area contributed by atoms with E-state index in [1.807, 2.05) is 0 Å². The maximum Gasteiger partial charge on any atom is 0.243 e. The van der Waals surface area contributed by atoms with Gasteiger partial charge in [-0.15, -0.1) is 24.0 Å². The number of hydrogen-bond acceptors (Lipinski definition) is 4. The lowest BCUT2D eigenvalue weighted by Crippen LogP contribution is -2.53. The Morgan fingerprint density at radius 3 is 2.70 bits per heavy atom. The molecule has 3 aliphatic heterocycles. The van der Waals surface area contributed by atoms with Crippen LogP contribution in [0.3, 0.4) is 0 Å². The van der Waals surface area contributed by atoms with E-state index in [0.717, 1.165) is 64.5 Å². The summed E-state index contributed by atoms with van der Waals surface area (Å²) in [5, 5.41) is 3.49. The van der Waals surface area contributed by atoms with E-state index >= 15 is 0 Å². The lowest BCUT2D eigenvalue weighted by Gasteiger charge is -2.42. The number of carbonyl (C=O) groups excluding carboxylic acids is 1. The number of carbonyl (C=O) groups is 1. The number of hydrogen-bond donors (Lipinski definition) is 1. The van der Waals surface area contributed by atoms with Crippen LogP contribution in [0.4, 0.5) is 0 Å². The highest BCUT2D eigenvalue weighted by Gasteiger charge is 2.33. The van der Waals surface area contributed by atoms with E-state index in [0.29, 0.717) is 12.0 Å². The molecule has 0 saturated carbocycles. The van der Waals surface area contributed by atoms with Crippen molar-refractivity contribution in [2.24, 2.45) is 10.9 Å². The second-order valence-corrected chi connectivity index (χ2v) is 7.84. The lowest BCUT2D eigenvalue weighted by atomic mass is 9.88. The smallest absolute Gasteiger partial charge is 0.243 e. The molecule has 3 unspecified atom stereocenters. The molecule has 3 atom stereocenters. The molecule has 0 spiro atoms. The first kappa shape index (κ1) is 22.7.